The SMILES string of the molecule is C[C@](O)(c1ccccc1O)[C@H](O)CO. The van der Waals surface area contributed by atoms with Gasteiger partial charge in [-0.2, -0.15) is 0 Å². The Morgan fingerprint density at radius 1 is 1.36 bits per heavy atom. The number of aliphatic hydroxyl groups is 3. The second-order valence-electron chi connectivity index (χ2n) is 3.36. The minimum Gasteiger partial charge on any atom is -0.508 e. The lowest BCUT2D eigenvalue weighted by Crippen LogP contribution is -2.39. The number of phenols is 1. The summed E-state index contributed by atoms with van der Waals surface area (Å²) in [5, 5.41) is 37.4. The van der Waals surface area contributed by atoms with E-state index in [1.54, 1.807) is 12.1 Å². The normalized spacial score (nSPS) is 17.4. The van der Waals surface area contributed by atoms with Crippen LogP contribution in [0.1, 0.15) is 12.5 Å². The number of hydrogen-bond donors (Lipinski definition) is 4. The highest BCUT2D eigenvalue weighted by atomic mass is 16.4. The van der Waals surface area contributed by atoms with Gasteiger partial charge in [0.25, 0.3) is 0 Å². The average Bonchev–Trinajstić information content (AvgIpc) is 2.17. The number of hydrogen-bond acceptors (Lipinski definition) is 4. The molecule has 0 unspecified atom stereocenters. The van der Waals surface area contributed by atoms with Crippen molar-refractivity contribution in [3.05, 3.63) is 29.8 Å². The van der Waals surface area contributed by atoms with Gasteiger partial charge in [0.1, 0.15) is 17.5 Å². The molecule has 0 radical (unpaired) electrons. The number of phenolic OH excluding ortho intramolecular Hbond substituents is 1. The Hall–Kier alpha value is -1.10. The second-order valence-corrected chi connectivity index (χ2v) is 3.36. The molecule has 1 aromatic carbocycles. The van der Waals surface area contributed by atoms with E-state index in [2.05, 4.69) is 0 Å². The first-order chi connectivity index (χ1) is 6.50. The van der Waals surface area contributed by atoms with Gasteiger partial charge in [-0.1, -0.05) is 18.2 Å². The molecule has 0 heterocycles. The van der Waals surface area contributed by atoms with Gasteiger partial charge in [0.05, 0.1) is 6.61 Å². The lowest BCUT2D eigenvalue weighted by Gasteiger charge is -2.28. The summed E-state index contributed by atoms with van der Waals surface area (Å²) in [5.41, 5.74) is -1.46. The van der Waals surface area contributed by atoms with Gasteiger partial charge in [0.15, 0.2) is 0 Å². The standard InChI is InChI=1S/C10H14O4/c1-10(14,9(13)6-11)7-4-2-3-5-8(7)12/h2-5,9,11-14H,6H2,1H3/t9-,10+/m1/s1. The lowest BCUT2D eigenvalue weighted by atomic mass is 9.90. The predicted molar refractivity (Wildman–Crippen MR) is 50.8 cm³/mol. The minimum absolute atomic E-state index is 0.106. The van der Waals surface area contributed by atoms with Gasteiger partial charge in [0, 0.05) is 5.56 Å². The second kappa shape index (κ2) is 3.96. The predicted octanol–water partition coefficient (Wildman–Crippen LogP) is -0.0471. The van der Waals surface area contributed by atoms with Crippen LogP contribution in [-0.4, -0.2) is 33.1 Å². The molecule has 0 aliphatic carbocycles. The van der Waals surface area contributed by atoms with Crippen molar-refractivity contribution < 1.29 is 20.4 Å². The van der Waals surface area contributed by atoms with Crippen molar-refractivity contribution in [1.82, 2.24) is 0 Å². The van der Waals surface area contributed by atoms with Crippen LogP contribution in [0.2, 0.25) is 0 Å². The molecule has 1 aromatic rings. The van der Waals surface area contributed by atoms with Gasteiger partial charge in [-0.3, -0.25) is 0 Å². The molecule has 78 valence electrons. The van der Waals surface area contributed by atoms with E-state index in [4.69, 9.17) is 5.11 Å². The van der Waals surface area contributed by atoms with Crippen LogP contribution in [0, 0.1) is 0 Å². The molecule has 4 heteroatoms. The van der Waals surface area contributed by atoms with E-state index in [0.29, 0.717) is 0 Å². The van der Waals surface area contributed by atoms with Gasteiger partial charge < -0.3 is 20.4 Å². The number of para-hydroxylation sites is 1. The Morgan fingerprint density at radius 2 is 1.93 bits per heavy atom. The van der Waals surface area contributed by atoms with Gasteiger partial charge in [-0.25, -0.2) is 0 Å². The molecule has 0 bridgehead atoms. The van der Waals surface area contributed by atoms with Gasteiger partial charge in [-0.15, -0.1) is 0 Å². The summed E-state index contributed by atoms with van der Waals surface area (Å²) >= 11 is 0. The Labute approximate surface area is 82.1 Å². The van der Waals surface area contributed by atoms with E-state index >= 15 is 0 Å². The van der Waals surface area contributed by atoms with Crippen LogP contribution in [0.15, 0.2) is 24.3 Å². The summed E-state index contributed by atoms with van der Waals surface area (Å²) in [6, 6.07) is 6.15. The van der Waals surface area contributed by atoms with Crippen molar-refractivity contribution >= 4 is 0 Å². The molecule has 4 nitrogen and oxygen atoms in total. The molecule has 0 amide bonds. The van der Waals surface area contributed by atoms with Crippen LogP contribution in [0.25, 0.3) is 0 Å². The Morgan fingerprint density at radius 3 is 2.43 bits per heavy atom. The molecular formula is C10H14O4. The fraction of sp³-hybridized carbons (Fsp3) is 0.400. The van der Waals surface area contributed by atoms with Gasteiger partial charge in [0.2, 0.25) is 0 Å². The highest BCUT2D eigenvalue weighted by molar-refractivity contribution is 5.37. The number of aliphatic hydroxyl groups excluding tert-OH is 2. The smallest absolute Gasteiger partial charge is 0.121 e. The average molecular weight is 198 g/mol. The van der Waals surface area contributed by atoms with E-state index < -0.39 is 18.3 Å². The van der Waals surface area contributed by atoms with E-state index in [1.165, 1.54) is 19.1 Å². The van der Waals surface area contributed by atoms with E-state index in [-0.39, 0.29) is 11.3 Å². The van der Waals surface area contributed by atoms with Crippen molar-refractivity contribution in [1.29, 1.82) is 0 Å². The molecule has 0 fully saturated rings. The first kappa shape index (κ1) is 11.0. The Kier molecular flexibility index (Phi) is 3.10. The topological polar surface area (TPSA) is 80.9 Å². The zero-order chi connectivity index (χ0) is 10.8. The number of benzene rings is 1. The van der Waals surface area contributed by atoms with Crippen LogP contribution in [0.5, 0.6) is 5.75 Å². The van der Waals surface area contributed by atoms with Crippen molar-refractivity contribution in [2.24, 2.45) is 0 Å². The molecule has 0 saturated heterocycles. The van der Waals surface area contributed by atoms with E-state index in [9.17, 15) is 15.3 Å². The quantitative estimate of drug-likeness (QED) is 0.549. The maximum absolute atomic E-state index is 9.87. The largest absolute Gasteiger partial charge is 0.508 e. The van der Waals surface area contributed by atoms with Crippen molar-refractivity contribution in [3.8, 4) is 5.75 Å². The summed E-state index contributed by atoms with van der Waals surface area (Å²) in [7, 11) is 0. The summed E-state index contributed by atoms with van der Waals surface area (Å²) in [6.45, 7) is 0.768. The molecule has 0 aliphatic heterocycles. The van der Waals surface area contributed by atoms with E-state index in [0.717, 1.165) is 0 Å². The van der Waals surface area contributed by atoms with Crippen molar-refractivity contribution in [2.45, 2.75) is 18.6 Å². The zero-order valence-corrected chi connectivity index (χ0v) is 7.88. The first-order valence-electron chi connectivity index (χ1n) is 4.30. The summed E-state index contributed by atoms with van der Waals surface area (Å²) in [6.07, 6.45) is -1.32. The Balaban J connectivity index is 3.09. The molecular weight excluding hydrogens is 184 g/mol. The highest BCUT2D eigenvalue weighted by Crippen LogP contribution is 2.31. The third-order valence-electron chi connectivity index (χ3n) is 2.27. The summed E-state index contributed by atoms with van der Waals surface area (Å²) < 4.78 is 0. The van der Waals surface area contributed by atoms with Gasteiger partial charge >= 0.3 is 0 Å². The van der Waals surface area contributed by atoms with Gasteiger partial charge in [-0.05, 0) is 13.0 Å². The molecule has 0 aromatic heterocycles. The molecule has 0 saturated carbocycles. The Bertz CT molecular complexity index is 309. The van der Waals surface area contributed by atoms with Crippen LogP contribution in [0.3, 0.4) is 0 Å². The fourth-order valence-corrected chi connectivity index (χ4v) is 1.26. The zero-order valence-electron chi connectivity index (χ0n) is 7.88. The number of aromatic hydroxyl groups is 1. The molecule has 14 heavy (non-hydrogen) atoms. The van der Waals surface area contributed by atoms with Crippen molar-refractivity contribution in [3.63, 3.8) is 0 Å². The third-order valence-corrected chi connectivity index (χ3v) is 2.27. The van der Waals surface area contributed by atoms with Crippen LogP contribution in [0.4, 0.5) is 0 Å². The summed E-state index contributed by atoms with van der Waals surface area (Å²) in [4.78, 5) is 0. The molecule has 0 aliphatic rings. The fourth-order valence-electron chi connectivity index (χ4n) is 1.26. The molecule has 0 spiro atoms. The number of rotatable bonds is 3. The molecule has 4 N–H and O–H groups in total. The monoisotopic (exact) mass is 198 g/mol. The molecule has 1 rings (SSSR count). The molecule has 2 atom stereocenters. The lowest BCUT2D eigenvalue weighted by molar-refractivity contribution is -0.0888. The maximum Gasteiger partial charge on any atom is 0.121 e. The maximum atomic E-state index is 9.87. The first-order valence-corrected chi connectivity index (χ1v) is 4.30. The van der Waals surface area contributed by atoms with Crippen LogP contribution in [-0.2, 0) is 5.60 Å². The minimum atomic E-state index is -1.65. The van der Waals surface area contributed by atoms with Crippen molar-refractivity contribution in [2.75, 3.05) is 6.61 Å². The summed E-state index contributed by atoms with van der Waals surface area (Å²) in [5.74, 6) is -0.106. The van der Waals surface area contributed by atoms with E-state index in [1.807, 2.05) is 0 Å². The van der Waals surface area contributed by atoms with Crippen LogP contribution >= 0.6 is 0 Å². The highest BCUT2D eigenvalue weighted by Gasteiger charge is 2.33. The van der Waals surface area contributed by atoms with Crippen LogP contribution < -0.4 is 0 Å². The third kappa shape index (κ3) is 1.87.